The lowest BCUT2D eigenvalue weighted by atomic mass is 10.0. The molecule has 1 atom stereocenters. The van der Waals surface area contributed by atoms with Gasteiger partial charge in [-0.3, -0.25) is 4.79 Å². The molecule has 9 heteroatoms. The normalized spacial score (nSPS) is 11.8. The largest absolute Gasteiger partial charge is 0.478 e. The van der Waals surface area contributed by atoms with Crippen molar-refractivity contribution in [1.29, 1.82) is 0 Å². The van der Waals surface area contributed by atoms with Gasteiger partial charge in [0.15, 0.2) is 0 Å². The number of carboxylic acids is 1. The van der Waals surface area contributed by atoms with E-state index in [0.717, 1.165) is 16.8 Å². The van der Waals surface area contributed by atoms with Crippen molar-refractivity contribution >= 4 is 40.3 Å². The Morgan fingerprint density at radius 2 is 1.71 bits per heavy atom. The minimum absolute atomic E-state index is 0.160. The van der Waals surface area contributed by atoms with Crippen LogP contribution in [0.15, 0.2) is 66.7 Å². The maximum absolute atomic E-state index is 12.9. The fourth-order valence-corrected chi connectivity index (χ4v) is 4.17. The summed E-state index contributed by atoms with van der Waals surface area (Å²) in [6, 6.07) is 18.6. The molecule has 1 unspecified atom stereocenters. The van der Waals surface area contributed by atoms with E-state index in [1.54, 1.807) is 36.4 Å². The van der Waals surface area contributed by atoms with Crippen LogP contribution < -0.4 is 16.0 Å². The number of aryl methyl sites for hydroxylation is 1. The van der Waals surface area contributed by atoms with Crippen molar-refractivity contribution in [2.75, 3.05) is 10.6 Å². The molecule has 0 aliphatic rings. The Hall–Kier alpha value is -4.66. The minimum Gasteiger partial charge on any atom is -0.478 e. The molecule has 3 aromatic carbocycles. The van der Waals surface area contributed by atoms with Crippen LogP contribution in [0.4, 0.5) is 16.2 Å². The smallest absolute Gasteiger partial charge is 0.335 e. The van der Waals surface area contributed by atoms with Crippen LogP contribution in [0.3, 0.4) is 0 Å². The minimum atomic E-state index is -1.01. The number of aromatic amines is 1. The Kier molecular flexibility index (Phi) is 8.06. The molecular formula is C29H31N5O4. The number of imidazole rings is 1. The molecule has 4 rings (SSSR count). The molecule has 38 heavy (non-hydrogen) atoms. The summed E-state index contributed by atoms with van der Waals surface area (Å²) < 4.78 is 0. The lowest BCUT2D eigenvalue weighted by molar-refractivity contribution is -0.121. The molecule has 3 amide bonds. The molecule has 0 saturated carbocycles. The lowest BCUT2D eigenvalue weighted by Crippen LogP contribution is -2.31. The van der Waals surface area contributed by atoms with E-state index in [1.807, 2.05) is 31.2 Å². The van der Waals surface area contributed by atoms with Gasteiger partial charge in [-0.1, -0.05) is 44.2 Å². The molecule has 0 aliphatic heterocycles. The van der Waals surface area contributed by atoms with Crippen LogP contribution in [0.5, 0.6) is 0 Å². The summed E-state index contributed by atoms with van der Waals surface area (Å²) in [5, 5.41) is 17.9. The van der Waals surface area contributed by atoms with Gasteiger partial charge in [-0.05, 0) is 66.8 Å². The summed E-state index contributed by atoms with van der Waals surface area (Å²) in [6.07, 6.45) is 0.823. The molecule has 0 fully saturated rings. The summed E-state index contributed by atoms with van der Waals surface area (Å²) in [6.45, 7) is 6.04. The first kappa shape index (κ1) is 26.4. The highest BCUT2D eigenvalue weighted by Crippen LogP contribution is 2.23. The number of hydrogen-bond donors (Lipinski definition) is 5. The van der Waals surface area contributed by atoms with E-state index in [-0.39, 0.29) is 30.0 Å². The number of carbonyl (C=O) groups excluding carboxylic acids is 2. The van der Waals surface area contributed by atoms with E-state index in [0.29, 0.717) is 34.9 Å². The lowest BCUT2D eigenvalue weighted by Gasteiger charge is -2.19. The van der Waals surface area contributed by atoms with Crippen LogP contribution in [0.25, 0.3) is 11.0 Å². The summed E-state index contributed by atoms with van der Waals surface area (Å²) in [5.41, 5.74) is 4.53. The fraction of sp³-hybridized carbons (Fsp3) is 0.241. The topological polar surface area (TPSA) is 136 Å². The first-order valence-electron chi connectivity index (χ1n) is 12.4. The molecule has 5 N–H and O–H groups in total. The predicted octanol–water partition coefficient (Wildman–Crippen LogP) is 5.66. The second-order valence-corrected chi connectivity index (χ2v) is 9.68. The summed E-state index contributed by atoms with van der Waals surface area (Å²) in [5.74, 6) is -0.299. The van der Waals surface area contributed by atoms with E-state index in [9.17, 15) is 19.5 Å². The Morgan fingerprint density at radius 1 is 0.974 bits per heavy atom. The molecule has 4 aromatic rings. The molecule has 1 aromatic heterocycles. The number of aromatic nitrogens is 2. The number of aromatic carboxylic acids is 1. The number of anilines is 2. The first-order chi connectivity index (χ1) is 18.2. The Labute approximate surface area is 220 Å². The van der Waals surface area contributed by atoms with E-state index >= 15 is 0 Å². The third-order valence-electron chi connectivity index (χ3n) is 6.09. The average molecular weight is 514 g/mol. The van der Waals surface area contributed by atoms with Gasteiger partial charge in [0, 0.05) is 11.4 Å². The van der Waals surface area contributed by atoms with Crippen molar-refractivity contribution in [3.05, 3.63) is 89.2 Å². The zero-order valence-electron chi connectivity index (χ0n) is 21.5. The number of benzene rings is 3. The van der Waals surface area contributed by atoms with Crippen molar-refractivity contribution in [1.82, 2.24) is 15.3 Å². The number of urea groups is 1. The van der Waals surface area contributed by atoms with Crippen molar-refractivity contribution in [3.63, 3.8) is 0 Å². The van der Waals surface area contributed by atoms with Gasteiger partial charge >= 0.3 is 12.0 Å². The average Bonchev–Trinajstić information content (AvgIpc) is 3.29. The zero-order valence-corrected chi connectivity index (χ0v) is 21.5. The molecule has 196 valence electrons. The molecule has 0 radical (unpaired) electrons. The molecule has 9 nitrogen and oxygen atoms in total. The Bertz CT molecular complexity index is 1460. The highest BCUT2D eigenvalue weighted by molar-refractivity contribution is 6.00. The monoisotopic (exact) mass is 513 g/mol. The SMILES string of the molecule is Cc1ccccc1NC(=O)Nc1ccc(CC(=O)NC(CC(C)C)c2nc3ccc(C(=O)O)cc3[nH]2)cc1. The number of carbonyl (C=O) groups is 3. The fourth-order valence-electron chi connectivity index (χ4n) is 4.17. The van der Waals surface area contributed by atoms with E-state index < -0.39 is 5.97 Å². The maximum Gasteiger partial charge on any atom is 0.335 e. The van der Waals surface area contributed by atoms with Crippen LogP contribution in [-0.4, -0.2) is 33.0 Å². The van der Waals surface area contributed by atoms with Gasteiger partial charge in [0.05, 0.1) is 29.1 Å². The van der Waals surface area contributed by atoms with Crippen LogP contribution in [0.1, 0.15) is 53.6 Å². The number of fused-ring (bicyclic) bond motifs is 1. The number of para-hydroxylation sites is 1. The second kappa shape index (κ2) is 11.6. The van der Waals surface area contributed by atoms with Gasteiger partial charge in [0.25, 0.3) is 0 Å². The maximum atomic E-state index is 12.9. The summed E-state index contributed by atoms with van der Waals surface area (Å²) >= 11 is 0. The van der Waals surface area contributed by atoms with Gasteiger partial charge in [0.2, 0.25) is 5.91 Å². The molecule has 1 heterocycles. The van der Waals surface area contributed by atoms with Crippen molar-refractivity contribution < 1.29 is 19.5 Å². The van der Waals surface area contributed by atoms with Crippen LogP contribution >= 0.6 is 0 Å². The number of carboxylic acid groups (broad SMARTS) is 1. The van der Waals surface area contributed by atoms with Gasteiger partial charge in [-0.25, -0.2) is 14.6 Å². The Balaban J connectivity index is 1.38. The third-order valence-corrected chi connectivity index (χ3v) is 6.09. The van der Waals surface area contributed by atoms with E-state index in [4.69, 9.17) is 0 Å². The van der Waals surface area contributed by atoms with Crippen molar-refractivity contribution in [3.8, 4) is 0 Å². The van der Waals surface area contributed by atoms with Crippen molar-refractivity contribution in [2.45, 2.75) is 39.7 Å². The molecule has 0 spiro atoms. The van der Waals surface area contributed by atoms with Gasteiger partial charge in [-0.2, -0.15) is 0 Å². The molecule has 0 aliphatic carbocycles. The van der Waals surface area contributed by atoms with Crippen LogP contribution in [0.2, 0.25) is 0 Å². The standard InChI is InChI=1S/C29H31N5O4/c1-17(2)14-25(27-32-23-13-10-20(28(36)37)16-24(23)33-27)31-26(35)15-19-8-11-21(12-9-19)30-29(38)34-22-7-5-4-6-18(22)3/h4-13,16-17,25H,14-15H2,1-3H3,(H,31,35)(H,32,33)(H,36,37)(H2,30,34,38). The predicted molar refractivity (Wildman–Crippen MR) is 147 cm³/mol. The first-order valence-corrected chi connectivity index (χ1v) is 12.4. The van der Waals surface area contributed by atoms with Crippen molar-refractivity contribution in [2.24, 2.45) is 5.92 Å². The zero-order chi connectivity index (χ0) is 27.2. The number of nitrogens with zero attached hydrogens (tertiary/aromatic N) is 1. The van der Waals surface area contributed by atoms with Gasteiger partial charge in [0.1, 0.15) is 5.82 Å². The molecular weight excluding hydrogens is 482 g/mol. The third kappa shape index (κ3) is 6.76. The van der Waals surface area contributed by atoms with E-state index in [1.165, 1.54) is 6.07 Å². The number of rotatable bonds is 9. The number of hydrogen-bond acceptors (Lipinski definition) is 4. The van der Waals surface area contributed by atoms with Gasteiger partial charge in [-0.15, -0.1) is 0 Å². The summed E-state index contributed by atoms with van der Waals surface area (Å²) in [7, 11) is 0. The van der Waals surface area contributed by atoms with Crippen LogP contribution in [-0.2, 0) is 11.2 Å². The van der Waals surface area contributed by atoms with Gasteiger partial charge < -0.3 is 26.0 Å². The molecule has 0 bridgehead atoms. The molecule has 0 saturated heterocycles. The number of amides is 3. The Morgan fingerprint density at radius 3 is 2.39 bits per heavy atom. The van der Waals surface area contributed by atoms with E-state index in [2.05, 4.69) is 39.8 Å². The second-order valence-electron chi connectivity index (χ2n) is 9.68. The highest BCUT2D eigenvalue weighted by atomic mass is 16.4. The quantitative estimate of drug-likeness (QED) is 0.197. The summed E-state index contributed by atoms with van der Waals surface area (Å²) in [4.78, 5) is 44.3. The number of H-pyrrole nitrogens is 1. The highest BCUT2D eigenvalue weighted by Gasteiger charge is 2.20. The number of nitrogens with one attached hydrogen (secondary N) is 4. The van der Waals surface area contributed by atoms with Crippen LogP contribution in [0, 0.1) is 12.8 Å².